The molecule has 6 heteroatoms. The van der Waals surface area contributed by atoms with Crippen molar-refractivity contribution < 1.29 is 13.9 Å². The van der Waals surface area contributed by atoms with E-state index in [1.165, 1.54) is 12.1 Å². The van der Waals surface area contributed by atoms with Crippen LogP contribution in [-0.4, -0.2) is 34.7 Å². The Morgan fingerprint density at radius 3 is 2.92 bits per heavy atom. The minimum absolute atomic E-state index is 0.152. The number of aromatic amines is 1. The van der Waals surface area contributed by atoms with Crippen LogP contribution in [0.3, 0.4) is 0 Å². The molecule has 0 bridgehead atoms. The number of rotatable bonds is 5. The second kappa shape index (κ2) is 6.70. The summed E-state index contributed by atoms with van der Waals surface area (Å²) in [7, 11) is 1.69. The summed E-state index contributed by atoms with van der Waals surface area (Å²) in [6.07, 6.45) is 1.74. The van der Waals surface area contributed by atoms with Gasteiger partial charge >= 0.3 is 0 Å². The molecule has 24 heavy (non-hydrogen) atoms. The van der Waals surface area contributed by atoms with Gasteiger partial charge in [0.25, 0.3) is 5.91 Å². The van der Waals surface area contributed by atoms with E-state index in [9.17, 15) is 9.18 Å². The Bertz CT molecular complexity index is 876. The van der Waals surface area contributed by atoms with E-state index >= 15 is 0 Å². The summed E-state index contributed by atoms with van der Waals surface area (Å²) in [6, 6.07) is 10.1. The van der Waals surface area contributed by atoms with Crippen LogP contribution < -0.4 is 4.74 Å². The Hall–Kier alpha value is -2.89. The van der Waals surface area contributed by atoms with Crippen molar-refractivity contribution in [1.82, 2.24) is 15.1 Å². The molecule has 0 aliphatic rings. The summed E-state index contributed by atoms with van der Waals surface area (Å²) in [5.41, 5.74) is 2.14. The third-order valence-corrected chi connectivity index (χ3v) is 3.80. The fraction of sp³-hybridized carbons (Fsp3) is 0.222. The van der Waals surface area contributed by atoms with Crippen LogP contribution in [-0.2, 0) is 6.54 Å². The van der Waals surface area contributed by atoms with Crippen molar-refractivity contribution in [2.45, 2.75) is 13.5 Å². The first-order valence-corrected chi connectivity index (χ1v) is 7.69. The number of halogens is 1. The number of fused-ring (bicyclic) bond motifs is 1. The van der Waals surface area contributed by atoms with E-state index in [4.69, 9.17) is 4.74 Å². The molecule has 2 aromatic carbocycles. The van der Waals surface area contributed by atoms with Crippen molar-refractivity contribution in [3.05, 3.63) is 59.5 Å². The Morgan fingerprint density at radius 1 is 1.33 bits per heavy atom. The number of ether oxygens (including phenoxy) is 1. The van der Waals surface area contributed by atoms with Gasteiger partial charge in [0, 0.05) is 24.5 Å². The average molecular weight is 327 g/mol. The zero-order chi connectivity index (χ0) is 17.1. The van der Waals surface area contributed by atoms with Crippen LogP contribution in [0.25, 0.3) is 10.9 Å². The zero-order valence-electron chi connectivity index (χ0n) is 13.5. The fourth-order valence-electron chi connectivity index (χ4n) is 2.62. The molecule has 0 radical (unpaired) electrons. The molecule has 1 N–H and O–H groups in total. The summed E-state index contributed by atoms with van der Waals surface area (Å²) in [5, 5.41) is 7.94. The SMILES string of the molecule is CCOc1ccc(C(=O)N(C)Cc2cccc3cn[nH]c23)cc1F. The highest BCUT2D eigenvalue weighted by molar-refractivity contribution is 5.94. The van der Waals surface area contributed by atoms with Crippen LogP contribution in [0.2, 0.25) is 0 Å². The summed E-state index contributed by atoms with van der Waals surface area (Å²) in [5.74, 6) is -0.640. The van der Waals surface area contributed by atoms with Crippen LogP contribution in [0, 0.1) is 5.82 Å². The van der Waals surface area contributed by atoms with E-state index < -0.39 is 5.82 Å². The predicted octanol–water partition coefficient (Wildman–Crippen LogP) is 3.37. The normalized spacial score (nSPS) is 10.8. The van der Waals surface area contributed by atoms with Gasteiger partial charge in [-0.3, -0.25) is 9.89 Å². The van der Waals surface area contributed by atoms with Gasteiger partial charge < -0.3 is 9.64 Å². The molecule has 0 atom stereocenters. The Kier molecular flexibility index (Phi) is 4.46. The second-order valence-corrected chi connectivity index (χ2v) is 5.49. The number of nitrogens with one attached hydrogen (secondary N) is 1. The van der Waals surface area contributed by atoms with Gasteiger partial charge in [-0.15, -0.1) is 0 Å². The molecule has 0 saturated carbocycles. The maximum atomic E-state index is 13.9. The lowest BCUT2D eigenvalue weighted by Crippen LogP contribution is -2.26. The molecule has 1 amide bonds. The molecule has 0 aliphatic carbocycles. The molecule has 0 aliphatic heterocycles. The maximum absolute atomic E-state index is 13.9. The van der Waals surface area contributed by atoms with Crippen LogP contribution in [0.1, 0.15) is 22.8 Å². The van der Waals surface area contributed by atoms with Crippen LogP contribution in [0.4, 0.5) is 4.39 Å². The highest BCUT2D eigenvalue weighted by Gasteiger charge is 2.16. The van der Waals surface area contributed by atoms with Crippen molar-refractivity contribution in [3.63, 3.8) is 0 Å². The van der Waals surface area contributed by atoms with Crippen molar-refractivity contribution in [3.8, 4) is 5.75 Å². The first-order valence-electron chi connectivity index (χ1n) is 7.69. The molecule has 1 aromatic heterocycles. The lowest BCUT2D eigenvalue weighted by atomic mass is 10.1. The number of carbonyl (C=O) groups excluding carboxylic acids is 1. The van der Waals surface area contributed by atoms with E-state index in [1.54, 1.807) is 31.1 Å². The standard InChI is InChI=1S/C18H18FN3O2/c1-3-24-16-8-7-12(9-15(16)19)18(23)22(2)11-14-6-4-5-13-10-20-21-17(13)14/h4-10H,3,11H2,1-2H3,(H,20,21). The van der Waals surface area contributed by atoms with E-state index in [1.807, 2.05) is 18.2 Å². The zero-order valence-corrected chi connectivity index (χ0v) is 13.5. The molecule has 1 heterocycles. The minimum atomic E-state index is -0.535. The predicted molar refractivity (Wildman–Crippen MR) is 89.5 cm³/mol. The van der Waals surface area contributed by atoms with Gasteiger partial charge in [-0.2, -0.15) is 5.10 Å². The topological polar surface area (TPSA) is 58.2 Å². The Balaban J connectivity index is 1.80. The Labute approximate surface area is 139 Å². The summed E-state index contributed by atoms with van der Waals surface area (Å²) >= 11 is 0. The van der Waals surface area contributed by atoms with Gasteiger partial charge in [0.2, 0.25) is 0 Å². The third-order valence-electron chi connectivity index (χ3n) is 3.80. The van der Waals surface area contributed by atoms with Gasteiger partial charge in [-0.1, -0.05) is 18.2 Å². The van der Waals surface area contributed by atoms with Crippen LogP contribution >= 0.6 is 0 Å². The molecule has 0 saturated heterocycles. The van der Waals surface area contributed by atoms with Crippen LogP contribution in [0.15, 0.2) is 42.6 Å². The largest absolute Gasteiger partial charge is 0.491 e. The molecule has 5 nitrogen and oxygen atoms in total. The highest BCUT2D eigenvalue weighted by Crippen LogP contribution is 2.21. The number of para-hydroxylation sites is 1. The summed E-state index contributed by atoms with van der Waals surface area (Å²) in [6.45, 7) is 2.55. The first-order chi connectivity index (χ1) is 11.6. The molecule has 0 fully saturated rings. The molecule has 0 spiro atoms. The van der Waals surface area contributed by atoms with Crippen molar-refractivity contribution in [2.24, 2.45) is 0 Å². The lowest BCUT2D eigenvalue weighted by molar-refractivity contribution is 0.0785. The highest BCUT2D eigenvalue weighted by atomic mass is 19.1. The minimum Gasteiger partial charge on any atom is -0.491 e. The lowest BCUT2D eigenvalue weighted by Gasteiger charge is -2.18. The summed E-state index contributed by atoms with van der Waals surface area (Å²) < 4.78 is 19.1. The van der Waals surface area contributed by atoms with Crippen molar-refractivity contribution in [2.75, 3.05) is 13.7 Å². The van der Waals surface area contributed by atoms with Gasteiger partial charge in [0.1, 0.15) is 0 Å². The fourth-order valence-corrected chi connectivity index (χ4v) is 2.62. The van der Waals surface area contributed by atoms with E-state index in [0.29, 0.717) is 13.2 Å². The average Bonchev–Trinajstić information content (AvgIpc) is 3.06. The smallest absolute Gasteiger partial charge is 0.254 e. The monoisotopic (exact) mass is 327 g/mol. The number of benzene rings is 2. The molecule has 3 rings (SSSR count). The summed E-state index contributed by atoms with van der Waals surface area (Å²) in [4.78, 5) is 14.1. The quantitative estimate of drug-likeness (QED) is 0.781. The molecule has 3 aromatic rings. The van der Waals surface area contributed by atoms with E-state index in [0.717, 1.165) is 16.5 Å². The van der Waals surface area contributed by atoms with E-state index in [2.05, 4.69) is 10.2 Å². The van der Waals surface area contributed by atoms with Crippen molar-refractivity contribution in [1.29, 1.82) is 0 Å². The van der Waals surface area contributed by atoms with Crippen molar-refractivity contribution >= 4 is 16.8 Å². The second-order valence-electron chi connectivity index (χ2n) is 5.49. The van der Waals surface area contributed by atoms with Crippen LogP contribution in [0.5, 0.6) is 5.75 Å². The van der Waals surface area contributed by atoms with Gasteiger partial charge in [-0.05, 0) is 30.7 Å². The number of aromatic nitrogens is 2. The number of H-pyrrole nitrogens is 1. The number of amides is 1. The number of carbonyl (C=O) groups is 1. The van der Waals surface area contributed by atoms with Gasteiger partial charge in [0.15, 0.2) is 11.6 Å². The molecule has 0 unspecified atom stereocenters. The third kappa shape index (κ3) is 3.08. The number of hydrogen-bond donors (Lipinski definition) is 1. The van der Waals surface area contributed by atoms with Gasteiger partial charge in [0.05, 0.1) is 18.3 Å². The van der Waals surface area contributed by atoms with Gasteiger partial charge in [-0.25, -0.2) is 4.39 Å². The molecule has 124 valence electrons. The number of nitrogens with zero attached hydrogens (tertiary/aromatic N) is 2. The maximum Gasteiger partial charge on any atom is 0.254 e. The first kappa shape index (κ1) is 16.0. The molecular weight excluding hydrogens is 309 g/mol. The number of hydrogen-bond acceptors (Lipinski definition) is 3. The van der Waals surface area contributed by atoms with E-state index in [-0.39, 0.29) is 17.2 Å². The Morgan fingerprint density at radius 2 is 2.17 bits per heavy atom. The molecular formula is C18H18FN3O2.